The highest BCUT2D eigenvalue weighted by atomic mass is 32.2. The van der Waals surface area contributed by atoms with Crippen molar-refractivity contribution in [1.29, 1.82) is 0 Å². The molecule has 0 radical (unpaired) electrons. The summed E-state index contributed by atoms with van der Waals surface area (Å²) in [6.07, 6.45) is 3.17. The van der Waals surface area contributed by atoms with E-state index in [0.717, 1.165) is 22.9 Å². The fraction of sp³-hybridized carbons (Fsp3) is 0.333. The topological polar surface area (TPSA) is 97.7 Å². The van der Waals surface area contributed by atoms with Gasteiger partial charge >= 0.3 is 5.97 Å². The highest BCUT2D eigenvalue weighted by Crippen LogP contribution is 2.29. The van der Waals surface area contributed by atoms with Crippen LogP contribution in [0.5, 0.6) is 0 Å². The van der Waals surface area contributed by atoms with Crippen molar-refractivity contribution in [1.82, 2.24) is 8.87 Å². The lowest BCUT2D eigenvalue weighted by molar-refractivity contribution is 0.0532. The Morgan fingerprint density at radius 3 is 2.61 bits per heavy atom. The molecule has 3 aromatic rings. The molecule has 8 nitrogen and oxygen atoms in total. The molecule has 1 aromatic carbocycles. The lowest BCUT2D eigenvalue weighted by Gasteiger charge is -2.13. The molecule has 1 aliphatic heterocycles. The first-order chi connectivity index (χ1) is 14.8. The molecule has 0 bridgehead atoms. The number of hydrogen-bond acceptors (Lipinski definition) is 6. The van der Waals surface area contributed by atoms with Crippen LogP contribution in [-0.4, -0.2) is 48.9 Å². The van der Waals surface area contributed by atoms with Crippen molar-refractivity contribution in [2.45, 2.75) is 24.7 Å². The Kier molecular flexibility index (Phi) is 5.87. The molecule has 10 heteroatoms. The fourth-order valence-electron chi connectivity index (χ4n) is 3.60. The van der Waals surface area contributed by atoms with E-state index >= 15 is 0 Å². The first-order valence-electron chi connectivity index (χ1n) is 9.98. The maximum Gasteiger partial charge on any atom is 0.348 e. The third-order valence-corrected chi connectivity index (χ3v) is 8.13. The predicted molar refractivity (Wildman–Crippen MR) is 119 cm³/mol. The number of nitrogens with zero attached hydrogens (tertiary/aromatic N) is 2. The highest BCUT2D eigenvalue weighted by Gasteiger charge is 2.29. The van der Waals surface area contributed by atoms with E-state index in [4.69, 9.17) is 4.74 Å². The normalized spacial score (nSPS) is 14.8. The van der Waals surface area contributed by atoms with Crippen molar-refractivity contribution in [2.24, 2.45) is 7.05 Å². The quantitative estimate of drug-likeness (QED) is 0.567. The van der Waals surface area contributed by atoms with E-state index in [-0.39, 0.29) is 16.6 Å². The van der Waals surface area contributed by atoms with Crippen molar-refractivity contribution < 1.29 is 22.7 Å². The second-order valence-corrected chi connectivity index (χ2v) is 10.3. The molecule has 1 fully saturated rings. The number of carbonyl (C=O) groups excluding carboxylic acids is 2. The van der Waals surface area contributed by atoms with E-state index in [9.17, 15) is 18.0 Å². The molecular weight excluding hydrogens is 438 g/mol. The van der Waals surface area contributed by atoms with Gasteiger partial charge in [-0.25, -0.2) is 13.2 Å². The average Bonchev–Trinajstić information content (AvgIpc) is 3.47. The number of anilines is 1. The van der Waals surface area contributed by atoms with Crippen LogP contribution in [0.2, 0.25) is 0 Å². The first kappa shape index (κ1) is 21.5. The molecule has 0 aliphatic carbocycles. The fourth-order valence-corrected chi connectivity index (χ4v) is 6.12. The number of aryl methyl sites for hydroxylation is 1. The number of fused-ring (bicyclic) bond motifs is 1. The Labute approximate surface area is 184 Å². The summed E-state index contributed by atoms with van der Waals surface area (Å²) in [5.41, 5.74) is 0.797. The van der Waals surface area contributed by atoms with Crippen molar-refractivity contribution >= 4 is 49.0 Å². The van der Waals surface area contributed by atoms with Crippen LogP contribution in [0.4, 0.5) is 5.69 Å². The summed E-state index contributed by atoms with van der Waals surface area (Å²) in [5, 5.41) is 3.62. The molecule has 1 amide bonds. The maximum absolute atomic E-state index is 12.8. The van der Waals surface area contributed by atoms with Crippen molar-refractivity contribution in [3.8, 4) is 0 Å². The van der Waals surface area contributed by atoms with E-state index in [1.807, 2.05) is 6.07 Å². The van der Waals surface area contributed by atoms with Gasteiger partial charge in [0.1, 0.15) is 15.5 Å². The highest BCUT2D eigenvalue weighted by molar-refractivity contribution is 7.89. The van der Waals surface area contributed by atoms with Crippen molar-refractivity contribution in [3.63, 3.8) is 0 Å². The molecule has 4 rings (SSSR count). The summed E-state index contributed by atoms with van der Waals surface area (Å²) < 4.78 is 34.5. The van der Waals surface area contributed by atoms with Gasteiger partial charge in [0.25, 0.3) is 5.91 Å². The number of thiophene rings is 1. The monoisotopic (exact) mass is 461 g/mol. The number of esters is 1. The molecule has 1 saturated heterocycles. The third-order valence-electron chi connectivity index (χ3n) is 5.17. The zero-order valence-electron chi connectivity index (χ0n) is 17.3. The summed E-state index contributed by atoms with van der Waals surface area (Å²) in [6, 6.07) is 8.49. The second-order valence-electron chi connectivity index (χ2n) is 7.32. The Morgan fingerprint density at radius 1 is 1.16 bits per heavy atom. The summed E-state index contributed by atoms with van der Waals surface area (Å²) >= 11 is 1.33. The van der Waals surface area contributed by atoms with E-state index in [2.05, 4.69) is 5.32 Å². The van der Waals surface area contributed by atoms with E-state index in [1.54, 1.807) is 32.2 Å². The van der Waals surface area contributed by atoms with Gasteiger partial charge < -0.3 is 14.6 Å². The summed E-state index contributed by atoms with van der Waals surface area (Å²) in [4.78, 5) is 25.4. The largest absolute Gasteiger partial charge is 0.462 e. The number of nitrogens with one attached hydrogen (secondary N) is 1. The molecule has 1 N–H and O–H groups in total. The number of aromatic nitrogens is 1. The smallest absolute Gasteiger partial charge is 0.348 e. The zero-order valence-corrected chi connectivity index (χ0v) is 18.9. The molecule has 0 saturated carbocycles. The second kappa shape index (κ2) is 8.45. The molecule has 0 atom stereocenters. The zero-order chi connectivity index (χ0) is 22.2. The van der Waals surface area contributed by atoms with Crippen LogP contribution in [-0.2, 0) is 21.8 Å². The van der Waals surface area contributed by atoms with Gasteiger partial charge in [0, 0.05) is 36.7 Å². The van der Waals surface area contributed by atoms with Crippen LogP contribution in [0.15, 0.2) is 41.4 Å². The predicted octanol–water partition coefficient (Wildman–Crippen LogP) is 3.45. The number of carbonyl (C=O) groups is 2. The number of benzene rings is 1. The minimum Gasteiger partial charge on any atom is -0.462 e. The Balaban J connectivity index is 1.55. The molecule has 3 heterocycles. The van der Waals surface area contributed by atoms with Crippen LogP contribution in [0.25, 0.3) is 10.1 Å². The van der Waals surface area contributed by atoms with Gasteiger partial charge in [-0.3, -0.25) is 4.79 Å². The van der Waals surface area contributed by atoms with Gasteiger partial charge in [-0.05, 0) is 55.5 Å². The van der Waals surface area contributed by atoms with E-state index in [1.165, 1.54) is 32.5 Å². The molecule has 1 aliphatic rings. The van der Waals surface area contributed by atoms with Gasteiger partial charge in [-0.15, -0.1) is 11.3 Å². The molecule has 0 spiro atoms. The van der Waals surface area contributed by atoms with Crippen LogP contribution in [0.3, 0.4) is 0 Å². The number of amides is 1. The molecular formula is C21H23N3O5S2. The van der Waals surface area contributed by atoms with E-state index in [0.29, 0.717) is 30.3 Å². The summed E-state index contributed by atoms with van der Waals surface area (Å²) in [5.74, 6) is -0.782. The SMILES string of the molecule is CCOC(=O)c1cc2cc(NC(=O)c3cc(S(=O)(=O)N4CCCC4)cn3C)ccc2s1. The molecule has 31 heavy (non-hydrogen) atoms. The van der Waals surface area contributed by atoms with Gasteiger partial charge in [-0.2, -0.15) is 4.31 Å². The third kappa shape index (κ3) is 4.23. The minimum atomic E-state index is -3.60. The molecule has 164 valence electrons. The van der Waals surface area contributed by atoms with Crippen LogP contribution in [0.1, 0.15) is 39.9 Å². The van der Waals surface area contributed by atoms with Crippen LogP contribution >= 0.6 is 11.3 Å². The Hall–Kier alpha value is -2.69. The minimum absolute atomic E-state index is 0.120. The number of sulfonamides is 1. The molecule has 0 unspecified atom stereocenters. The van der Waals surface area contributed by atoms with Gasteiger partial charge in [0.2, 0.25) is 10.0 Å². The van der Waals surface area contributed by atoms with E-state index < -0.39 is 15.9 Å². The van der Waals surface area contributed by atoms with Crippen LogP contribution in [0, 0.1) is 0 Å². The lowest BCUT2D eigenvalue weighted by Crippen LogP contribution is -2.27. The van der Waals surface area contributed by atoms with Gasteiger partial charge in [0.15, 0.2) is 0 Å². The standard InChI is InChI=1S/C21H23N3O5S2/c1-3-29-21(26)19-11-14-10-15(6-7-18(14)30-19)22-20(25)17-12-16(13-23(17)2)31(27,28)24-8-4-5-9-24/h6-7,10-13H,3-5,8-9H2,1-2H3,(H,22,25). The van der Waals surface area contributed by atoms with Gasteiger partial charge in [-0.1, -0.05) is 0 Å². The molecule has 2 aromatic heterocycles. The summed E-state index contributed by atoms with van der Waals surface area (Å²) in [7, 11) is -1.95. The van der Waals surface area contributed by atoms with Crippen LogP contribution < -0.4 is 5.32 Å². The summed E-state index contributed by atoms with van der Waals surface area (Å²) in [6.45, 7) is 3.07. The lowest BCUT2D eigenvalue weighted by atomic mass is 10.2. The Morgan fingerprint density at radius 2 is 1.90 bits per heavy atom. The number of ether oxygens (including phenoxy) is 1. The average molecular weight is 462 g/mol. The number of rotatable bonds is 6. The first-order valence-corrected chi connectivity index (χ1v) is 12.2. The van der Waals surface area contributed by atoms with Gasteiger partial charge in [0.05, 0.1) is 6.61 Å². The maximum atomic E-state index is 12.8. The Bertz CT molecular complexity index is 1250. The van der Waals surface area contributed by atoms with Crippen molar-refractivity contribution in [3.05, 3.63) is 47.1 Å². The number of hydrogen-bond donors (Lipinski definition) is 1. The van der Waals surface area contributed by atoms with Crippen molar-refractivity contribution in [2.75, 3.05) is 25.0 Å².